The van der Waals surface area contributed by atoms with E-state index in [1.807, 2.05) is 18.4 Å². The van der Waals surface area contributed by atoms with Gasteiger partial charge >= 0.3 is 5.97 Å². The van der Waals surface area contributed by atoms with Crippen molar-refractivity contribution < 1.29 is 14.3 Å². The number of nitrogens with zero attached hydrogens (tertiary/aromatic N) is 3. The molecule has 7 nitrogen and oxygen atoms in total. The number of aromatic nitrogens is 3. The third kappa shape index (κ3) is 4.41. The first-order valence-corrected chi connectivity index (χ1v) is 11.6. The van der Waals surface area contributed by atoms with Gasteiger partial charge in [0.2, 0.25) is 5.91 Å². The molecule has 152 valence electrons. The summed E-state index contributed by atoms with van der Waals surface area (Å²) in [6.07, 6.45) is 4.80. The van der Waals surface area contributed by atoms with Crippen LogP contribution in [0.25, 0.3) is 0 Å². The standard InChI is InChI=1S/C19H26N4O3S2/c1-4-14-21-22-19(23(14)5-2)27-11-15(24)20-17-16(18(25)26-6-3)12-9-7-8-10-13(12)28-17/h4-11H2,1-3H3,(H,20,24). The van der Waals surface area contributed by atoms with E-state index in [2.05, 4.69) is 15.5 Å². The summed E-state index contributed by atoms with van der Waals surface area (Å²) in [5.41, 5.74) is 1.60. The van der Waals surface area contributed by atoms with E-state index in [4.69, 9.17) is 4.74 Å². The fraction of sp³-hybridized carbons (Fsp3) is 0.579. The minimum atomic E-state index is -0.344. The van der Waals surface area contributed by atoms with E-state index in [0.29, 0.717) is 17.2 Å². The van der Waals surface area contributed by atoms with Crippen LogP contribution in [-0.4, -0.2) is 39.0 Å². The van der Waals surface area contributed by atoms with Crippen LogP contribution in [0.5, 0.6) is 0 Å². The van der Waals surface area contributed by atoms with Crippen molar-refractivity contribution in [2.75, 3.05) is 17.7 Å². The predicted molar refractivity (Wildman–Crippen MR) is 111 cm³/mol. The largest absolute Gasteiger partial charge is 0.462 e. The first-order chi connectivity index (χ1) is 13.6. The fourth-order valence-corrected chi connectivity index (χ4v) is 5.49. The van der Waals surface area contributed by atoms with Gasteiger partial charge in [0.1, 0.15) is 10.8 Å². The topological polar surface area (TPSA) is 86.1 Å². The second-order valence-electron chi connectivity index (χ2n) is 6.47. The number of nitrogens with one attached hydrogen (secondary N) is 1. The number of thioether (sulfide) groups is 1. The summed E-state index contributed by atoms with van der Waals surface area (Å²) in [5.74, 6) is 0.633. The number of carbonyl (C=O) groups is 2. The molecule has 0 saturated carbocycles. The van der Waals surface area contributed by atoms with Crippen molar-refractivity contribution in [1.82, 2.24) is 14.8 Å². The Hall–Kier alpha value is -1.87. The lowest BCUT2D eigenvalue weighted by atomic mass is 9.95. The van der Waals surface area contributed by atoms with Crippen molar-refractivity contribution in [3.05, 3.63) is 21.8 Å². The van der Waals surface area contributed by atoms with Crippen LogP contribution in [0.4, 0.5) is 5.00 Å². The number of hydrogen-bond acceptors (Lipinski definition) is 7. The van der Waals surface area contributed by atoms with Crippen LogP contribution in [-0.2, 0) is 35.3 Å². The normalized spacial score (nSPS) is 13.2. The van der Waals surface area contributed by atoms with Crippen molar-refractivity contribution in [3.63, 3.8) is 0 Å². The summed E-state index contributed by atoms with van der Waals surface area (Å²) < 4.78 is 7.26. The number of esters is 1. The molecule has 0 spiro atoms. The van der Waals surface area contributed by atoms with Gasteiger partial charge in [0.15, 0.2) is 5.16 Å². The van der Waals surface area contributed by atoms with E-state index in [1.165, 1.54) is 28.0 Å². The highest BCUT2D eigenvalue weighted by atomic mass is 32.2. The summed E-state index contributed by atoms with van der Waals surface area (Å²) in [5, 5.41) is 12.6. The highest BCUT2D eigenvalue weighted by Gasteiger charge is 2.27. The maximum absolute atomic E-state index is 12.6. The SMILES string of the molecule is CCOC(=O)c1c(NC(=O)CSc2nnc(CC)n2CC)sc2c1CCCC2. The summed E-state index contributed by atoms with van der Waals surface area (Å²) in [4.78, 5) is 26.2. The summed E-state index contributed by atoms with van der Waals surface area (Å²) in [6, 6.07) is 0. The number of ether oxygens (including phenoxy) is 1. The van der Waals surface area contributed by atoms with Gasteiger partial charge in [-0.1, -0.05) is 18.7 Å². The van der Waals surface area contributed by atoms with Crippen molar-refractivity contribution in [2.45, 2.75) is 64.6 Å². The molecule has 1 aliphatic carbocycles. The lowest BCUT2D eigenvalue weighted by Crippen LogP contribution is -2.17. The maximum atomic E-state index is 12.6. The van der Waals surface area contributed by atoms with E-state index < -0.39 is 0 Å². The van der Waals surface area contributed by atoms with Crippen LogP contribution in [0, 0.1) is 0 Å². The van der Waals surface area contributed by atoms with E-state index in [-0.39, 0.29) is 17.6 Å². The van der Waals surface area contributed by atoms with E-state index in [9.17, 15) is 9.59 Å². The fourth-order valence-electron chi connectivity index (χ4n) is 3.37. The van der Waals surface area contributed by atoms with Gasteiger partial charge in [-0.2, -0.15) is 0 Å². The van der Waals surface area contributed by atoms with E-state index >= 15 is 0 Å². The minimum Gasteiger partial charge on any atom is -0.462 e. The van der Waals surface area contributed by atoms with Crippen LogP contribution in [0.1, 0.15) is 60.2 Å². The van der Waals surface area contributed by atoms with Gasteiger partial charge in [0, 0.05) is 17.8 Å². The van der Waals surface area contributed by atoms with Gasteiger partial charge in [0.05, 0.1) is 17.9 Å². The Labute approximate surface area is 173 Å². The van der Waals surface area contributed by atoms with Gasteiger partial charge < -0.3 is 14.6 Å². The minimum absolute atomic E-state index is 0.155. The van der Waals surface area contributed by atoms with E-state index in [1.54, 1.807) is 6.92 Å². The summed E-state index contributed by atoms with van der Waals surface area (Å²) in [6.45, 7) is 6.95. The zero-order valence-corrected chi connectivity index (χ0v) is 18.2. The predicted octanol–water partition coefficient (Wildman–Crippen LogP) is 3.71. The number of aryl methyl sites for hydroxylation is 2. The molecule has 0 unspecified atom stereocenters. The molecule has 9 heteroatoms. The second kappa shape index (κ2) is 9.56. The van der Waals surface area contributed by atoms with Crippen LogP contribution in [0.2, 0.25) is 0 Å². The second-order valence-corrected chi connectivity index (χ2v) is 8.52. The van der Waals surface area contributed by atoms with E-state index in [0.717, 1.165) is 55.2 Å². The van der Waals surface area contributed by atoms with Gasteiger partial charge in [0.25, 0.3) is 0 Å². The molecule has 2 heterocycles. The number of amides is 1. The zero-order valence-electron chi connectivity index (χ0n) is 16.5. The first-order valence-electron chi connectivity index (χ1n) is 9.75. The third-order valence-electron chi connectivity index (χ3n) is 4.66. The Morgan fingerprint density at radius 2 is 2.00 bits per heavy atom. The molecular formula is C19H26N4O3S2. The Morgan fingerprint density at radius 3 is 2.71 bits per heavy atom. The lowest BCUT2D eigenvalue weighted by Gasteiger charge is -2.12. The molecule has 2 aromatic heterocycles. The monoisotopic (exact) mass is 422 g/mol. The zero-order chi connectivity index (χ0) is 20.1. The quantitative estimate of drug-likeness (QED) is 0.516. The molecule has 28 heavy (non-hydrogen) atoms. The molecule has 0 aliphatic heterocycles. The van der Waals surface area contributed by atoms with Gasteiger partial charge in [-0.15, -0.1) is 21.5 Å². The smallest absolute Gasteiger partial charge is 0.341 e. The average molecular weight is 423 g/mol. The Balaban J connectivity index is 1.72. The third-order valence-corrected chi connectivity index (χ3v) is 6.84. The molecule has 0 aromatic carbocycles. The van der Waals surface area contributed by atoms with Crippen LogP contribution in [0.3, 0.4) is 0 Å². The molecule has 3 rings (SSSR count). The Kier molecular flexibility index (Phi) is 7.12. The Morgan fingerprint density at radius 1 is 1.21 bits per heavy atom. The van der Waals surface area contributed by atoms with Gasteiger partial charge in [-0.05, 0) is 45.1 Å². The molecule has 0 fully saturated rings. The molecule has 2 aromatic rings. The first kappa shape index (κ1) is 20.9. The average Bonchev–Trinajstić information content (AvgIpc) is 3.26. The Bertz CT molecular complexity index is 860. The van der Waals surface area contributed by atoms with Crippen LogP contribution in [0.15, 0.2) is 5.16 Å². The molecule has 1 amide bonds. The number of carbonyl (C=O) groups excluding carboxylic acids is 2. The maximum Gasteiger partial charge on any atom is 0.341 e. The molecule has 1 N–H and O–H groups in total. The molecular weight excluding hydrogens is 396 g/mol. The van der Waals surface area contributed by atoms with Gasteiger partial charge in [-0.3, -0.25) is 4.79 Å². The highest BCUT2D eigenvalue weighted by Crippen LogP contribution is 2.38. The lowest BCUT2D eigenvalue weighted by molar-refractivity contribution is -0.113. The number of fused-ring (bicyclic) bond motifs is 1. The number of hydrogen-bond donors (Lipinski definition) is 1. The molecule has 0 bridgehead atoms. The molecule has 1 aliphatic rings. The number of anilines is 1. The number of thiophene rings is 1. The van der Waals surface area contributed by atoms with Crippen LogP contribution < -0.4 is 5.32 Å². The van der Waals surface area contributed by atoms with Crippen molar-refractivity contribution >= 4 is 40.0 Å². The van der Waals surface area contributed by atoms with Crippen molar-refractivity contribution in [1.29, 1.82) is 0 Å². The number of rotatable bonds is 8. The molecule has 0 saturated heterocycles. The highest BCUT2D eigenvalue weighted by molar-refractivity contribution is 7.99. The molecule has 0 radical (unpaired) electrons. The van der Waals surface area contributed by atoms with Crippen molar-refractivity contribution in [3.8, 4) is 0 Å². The summed E-state index contributed by atoms with van der Waals surface area (Å²) in [7, 11) is 0. The van der Waals surface area contributed by atoms with Crippen LogP contribution >= 0.6 is 23.1 Å². The van der Waals surface area contributed by atoms with Gasteiger partial charge in [-0.25, -0.2) is 4.79 Å². The van der Waals surface area contributed by atoms with Crippen molar-refractivity contribution in [2.24, 2.45) is 0 Å². The molecule has 0 atom stereocenters. The summed E-state index contributed by atoms with van der Waals surface area (Å²) >= 11 is 2.87.